The van der Waals surface area contributed by atoms with Gasteiger partial charge in [-0.2, -0.15) is 10.4 Å². The lowest BCUT2D eigenvalue weighted by Gasteiger charge is -2.18. The first-order chi connectivity index (χ1) is 12.9. The van der Waals surface area contributed by atoms with Crippen molar-refractivity contribution < 1.29 is 0 Å². The normalized spacial score (nSPS) is 11.4. The number of hydrogen-bond donors (Lipinski definition) is 1. The molecule has 3 aromatic rings. The van der Waals surface area contributed by atoms with Crippen molar-refractivity contribution in [2.45, 2.75) is 39.4 Å². The van der Waals surface area contributed by atoms with Crippen molar-refractivity contribution in [1.82, 2.24) is 15.1 Å². The first kappa shape index (κ1) is 19.2. The minimum Gasteiger partial charge on any atom is -0.308 e. The molecule has 0 saturated carbocycles. The molecule has 0 amide bonds. The molecule has 3 rings (SSSR count). The van der Waals surface area contributed by atoms with E-state index in [1.165, 1.54) is 0 Å². The molecule has 138 valence electrons. The smallest absolute Gasteiger partial charge is 0.0991 e. The number of benzene rings is 2. The topological polar surface area (TPSA) is 53.6 Å². The molecule has 1 aromatic heterocycles. The molecule has 5 heteroatoms. The maximum absolute atomic E-state index is 9.04. The zero-order chi connectivity index (χ0) is 19.4. The summed E-state index contributed by atoms with van der Waals surface area (Å²) in [5.74, 6) is 0. The van der Waals surface area contributed by atoms with Gasteiger partial charge in [0.1, 0.15) is 0 Å². The second kappa shape index (κ2) is 7.96. The largest absolute Gasteiger partial charge is 0.308 e. The Morgan fingerprint density at radius 2 is 1.89 bits per heavy atom. The van der Waals surface area contributed by atoms with E-state index in [2.05, 4.69) is 38.4 Å². The van der Waals surface area contributed by atoms with Gasteiger partial charge in [-0.3, -0.25) is 4.68 Å². The van der Waals surface area contributed by atoms with Crippen LogP contribution in [0.5, 0.6) is 0 Å². The van der Waals surface area contributed by atoms with Crippen molar-refractivity contribution in [1.29, 1.82) is 5.26 Å². The molecule has 0 bridgehead atoms. The van der Waals surface area contributed by atoms with Crippen molar-refractivity contribution in [3.8, 4) is 17.3 Å². The van der Waals surface area contributed by atoms with Crippen molar-refractivity contribution in [2.75, 3.05) is 0 Å². The molecule has 27 heavy (non-hydrogen) atoms. The molecule has 0 aliphatic carbocycles. The molecule has 4 nitrogen and oxygen atoms in total. The molecule has 0 saturated heterocycles. The summed E-state index contributed by atoms with van der Waals surface area (Å²) in [6.07, 6.45) is 2.08. The Kier molecular flexibility index (Phi) is 5.65. The van der Waals surface area contributed by atoms with Crippen molar-refractivity contribution >= 4 is 11.6 Å². The van der Waals surface area contributed by atoms with E-state index >= 15 is 0 Å². The Labute approximate surface area is 165 Å². The van der Waals surface area contributed by atoms with Gasteiger partial charge in [0.05, 0.1) is 27.9 Å². The first-order valence-electron chi connectivity index (χ1n) is 8.92. The zero-order valence-corrected chi connectivity index (χ0v) is 16.6. The highest BCUT2D eigenvalue weighted by Gasteiger charge is 2.20. The molecule has 0 radical (unpaired) electrons. The lowest BCUT2D eigenvalue weighted by Crippen LogP contribution is -2.22. The summed E-state index contributed by atoms with van der Waals surface area (Å²) in [6.45, 7) is 7.72. The van der Waals surface area contributed by atoms with E-state index < -0.39 is 0 Å². The van der Waals surface area contributed by atoms with Gasteiger partial charge >= 0.3 is 0 Å². The standard InChI is InChI=1S/C22H23ClN4/c1-22(2,3)27-15-18(21(26-27)19-9-4-5-10-20(19)23)14-25-13-17-8-6-7-16(11-17)12-24/h4-11,15,25H,13-14H2,1-3H3. The second-order valence-corrected chi connectivity index (χ2v) is 7.92. The lowest BCUT2D eigenvalue weighted by molar-refractivity contribution is 0.356. The van der Waals surface area contributed by atoms with E-state index in [1.54, 1.807) is 0 Å². The molecule has 0 aliphatic heterocycles. The molecule has 2 aromatic carbocycles. The molecule has 0 aliphatic rings. The van der Waals surface area contributed by atoms with Crippen LogP contribution in [0.3, 0.4) is 0 Å². The van der Waals surface area contributed by atoms with E-state index in [-0.39, 0.29) is 5.54 Å². The first-order valence-corrected chi connectivity index (χ1v) is 9.30. The monoisotopic (exact) mass is 378 g/mol. The van der Waals surface area contributed by atoms with E-state index in [0.29, 0.717) is 23.7 Å². The Morgan fingerprint density at radius 1 is 1.11 bits per heavy atom. The van der Waals surface area contributed by atoms with E-state index in [4.69, 9.17) is 22.0 Å². The molecule has 1 N–H and O–H groups in total. The summed E-state index contributed by atoms with van der Waals surface area (Å²) in [5, 5.41) is 18.0. The lowest BCUT2D eigenvalue weighted by atomic mass is 10.1. The highest BCUT2D eigenvalue weighted by Crippen LogP contribution is 2.30. The van der Waals surface area contributed by atoms with Gasteiger partial charge in [-0.15, -0.1) is 0 Å². The van der Waals surface area contributed by atoms with Crippen molar-refractivity contribution in [2.24, 2.45) is 0 Å². The third-order valence-corrected chi connectivity index (χ3v) is 4.64. The van der Waals surface area contributed by atoms with Crippen LogP contribution >= 0.6 is 11.6 Å². The van der Waals surface area contributed by atoms with Crippen molar-refractivity contribution in [3.05, 3.63) is 76.4 Å². The van der Waals surface area contributed by atoms with Gasteiger partial charge in [-0.1, -0.05) is 41.9 Å². The Morgan fingerprint density at radius 3 is 2.59 bits per heavy atom. The van der Waals surface area contributed by atoms with Crippen LogP contribution in [0.4, 0.5) is 0 Å². The molecule has 1 heterocycles. The van der Waals surface area contributed by atoms with Gasteiger partial charge in [0.2, 0.25) is 0 Å². The molecular weight excluding hydrogens is 356 g/mol. The minimum atomic E-state index is -0.116. The second-order valence-electron chi connectivity index (χ2n) is 7.51. The molecular formula is C22H23ClN4. The fourth-order valence-corrected chi connectivity index (χ4v) is 3.08. The van der Waals surface area contributed by atoms with Crippen LogP contribution in [0.25, 0.3) is 11.3 Å². The fraction of sp³-hybridized carbons (Fsp3) is 0.273. The summed E-state index contributed by atoms with van der Waals surface area (Å²) >= 11 is 6.42. The number of nitrogens with one attached hydrogen (secondary N) is 1. The van der Waals surface area contributed by atoms with Crippen LogP contribution in [0, 0.1) is 11.3 Å². The van der Waals surface area contributed by atoms with Gasteiger partial charge in [0.15, 0.2) is 0 Å². The Balaban J connectivity index is 1.84. The van der Waals surface area contributed by atoms with Crippen LogP contribution in [-0.4, -0.2) is 9.78 Å². The van der Waals surface area contributed by atoms with E-state index in [1.807, 2.05) is 53.2 Å². The van der Waals surface area contributed by atoms with Crippen LogP contribution in [-0.2, 0) is 18.6 Å². The molecule has 0 fully saturated rings. The van der Waals surface area contributed by atoms with Gasteiger partial charge in [0.25, 0.3) is 0 Å². The van der Waals surface area contributed by atoms with Crippen LogP contribution in [0.1, 0.15) is 37.5 Å². The molecule has 0 spiro atoms. The average Bonchev–Trinajstić information content (AvgIpc) is 3.07. The van der Waals surface area contributed by atoms with Gasteiger partial charge in [0, 0.05) is 30.4 Å². The van der Waals surface area contributed by atoms with Gasteiger partial charge in [-0.25, -0.2) is 0 Å². The highest BCUT2D eigenvalue weighted by atomic mass is 35.5. The number of aromatic nitrogens is 2. The number of nitriles is 1. The maximum Gasteiger partial charge on any atom is 0.0991 e. The van der Waals surface area contributed by atoms with Crippen LogP contribution in [0.2, 0.25) is 5.02 Å². The van der Waals surface area contributed by atoms with Crippen LogP contribution in [0.15, 0.2) is 54.7 Å². The third kappa shape index (κ3) is 4.57. The Hall–Kier alpha value is -2.61. The fourth-order valence-electron chi connectivity index (χ4n) is 2.86. The summed E-state index contributed by atoms with van der Waals surface area (Å²) in [6, 6.07) is 17.6. The van der Waals surface area contributed by atoms with E-state index in [9.17, 15) is 0 Å². The van der Waals surface area contributed by atoms with Gasteiger partial charge < -0.3 is 5.32 Å². The number of rotatable bonds is 5. The maximum atomic E-state index is 9.04. The summed E-state index contributed by atoms with van der Waals surface area (Å²) in [5.41, 5.74) is 4.56. The predicted octanol–water partition coefficient (Wildman–Crippen LogP) is 5.12. The number of hydrogen-bond acceptors (Lipinski definition) is 3. The summed E-state index contributed by atoms with van der Waals surface area (Å²) < 4.78 is 1.99. The van der Waals surface area contributed by atoms with E-state index in [0.717, 1.165) is 22.4 Å². The summed E-state index contributed by atoms with van der Waals surface area (Å²) in [4.78, 5) is 0. The quantitative estimate of drug-likeness (QED) is 0.670. The minimum absolute atomic E-state index is 0.116. The SMILES string of the molecule is CC(C)(C)n1cc(CNCc2cccc(C#N)c2)c(-c2ccccc2Cl)n1. The number of nitrogens with zero attached hydrogens (tertiary/aromatic N) is 3. The molecule has 0 atom stereocenters. The van der Waals surface area contributed by atoms with Gasteiger partial charge in [-0.05, 0) is 44.5 Å². The van der Waals surface area contributed by atoms with Crippen LogP contribution < -0.4 is 5.32 Å². The molecule has 0 unspecified atom stereocenters. The summed E-state index contributed by atoms with van der Waals surface area (Å²) in [7, 11) is 0. The zero-order valence-electron chi connectivity index (χ0n) is 15.8. The number of halogens is 1. The average molecular weight is 379 g/mol. The third-order valence-electron chi connectivity index (χ3n) is 4.31. The Bertz CT molecular complexity index is 976. The van der Waals surface area contributed by atoms with Crippen molar-refractivity contribution in [3.63, 3.8) is 0 Å². The predicted molar refractivity (Wildman–Crippen MR) is 109 cm³/mol. The highest BCUT2D eigenvalue weighted by molar-refractivity contribution is 6.33.